The predicted molar refractivity (Wildman–Crippen MR) is 108 cm³/mol. The van der Waals surface area contributed by atoms with Gasteiger partial charge in [-0.15, -0.1) is 0 Å². The lowest BCUT2D eigenvalue weighted by Crippen LogP contribution is -2.36. The number of aromatic nitrogens is 2. The monoisotopic (exact) mass is 398 g/mol. The first-order chi connectivity index (χ1) is 13.0. The molecule has 3 aromatic rings. The number of para-hydroxylation sites is 1. The van der Waals surface area contributed by atoms with Crippen LogP contribution in [0.4, 0.5) is 17.3 Å². The third kappa shape index (κ3) is 3.48. The Morgan fingerprint density at radius 1 is 1.15 bits per heavy atom. The van der Waals surface area contributed by atoms with Crippen LogP contribution in [-0.4, -0.2) is 21.9 Å². The first-order valence-corrected chi connectivity index (χ1v) is 9.25. The van der Waals surface area contributed by atoms with Gasteiger partial charge in [0.1, 0.15) is 5.69 Å². The summed E-state index contributed by atoms with van der Waals surface area (Å²) in [7, 11) is 0. The van der Waals surface area contributed by atoms with E-state index in [1.807, 2.05) is 25.1 Å². The van der Waals surface area contributed by atoms with E-state index in [0.717, 1.165) is 12.1 Å². The molecular formula is C20H16Cl2N4O. The molecule has 0 saturated carbocycles. The number of rotatable bonds is 3. The zero-order chi connectivity index (χ0) is 19.0. The van der Waals surface area contributed by atoms with Gasteiger partial charge in [0.05, 0.1) is 10.0 Å². The van der Waals surface area contributed by atoms with Crippen LogP contribution in [0.1, 0.15) is 23.0 Å². The van der Waals surface area contributed by atoms with Gasteiger partial charge < -0.3 is 10.2 Å². The Morgan fingerprint density at radius 3 is 2.78 bits per heavy atom. The van der Waals surface area contributed by atoms with Crippen molar-refractivity contribution < 1.29 is 4.79 Å². The first kappa shape index (κ1) is 17.8. The number of fused-ring (bicyclic) bond motifs is 1. The maximum absolute atomic E-state index is 13.1. The molecule has 4 rings (SSSR count). The fourth-order valence-electron chi connectivity index (χ4n) is 3.24. The zero-order valence-electron chi connectivity index (χ0n) is 14.5. The number of nitrogens with zero attached hydrogens (tertiary/aromatic N) is 3. The fourth-order valence-corrected chi connectivity index (χ4v) is 3.54. The number of hydrogen-bond acceptors (Lipinski definition) is 4. The number of nitrogens with one attached hydrogen (secondary N) is 1. The average Bonchev–Trinajstić information content (AvgIpc) is 3.00. The van der Waals surface area contributed by atoms with Crippen LogP contribution in [0.5, 0.6) is 0 Å². The lowest BCUT2D eigenvalue weighted by Gasteiger charge is -2.22. The quantitative estimate of drug-likeness (QED) is 0.664. The normalized spacial score (nSPS) is 15.5. The Bertz CT molecular complexity index is 1020. The lowest BCUT2D eigenvalue weighted by atomic mass is 10.1. The summed E-state index contributed by atoms with van der Waals surface area (Å²) in [5.41, 5.74) is 3.12. The number of carbonyl (C=O) groups excluding carboxylic acids is 1. The smallest absolute Gasteiger partial charge is 0.277 e. The molecule has 1 aromatic heterocycles. The van der Waals surface area contributed by atoms with Crippen molar-refractivity contribution in [1.82, 2.24) is 9.97 Å². The largest absolute Gasteiger partial charge is 0.324 e. The molecule has 0 fully saturated rings. The van der Waals surface area contributed by atoms with Crippen LogP contribution in [0.2, 0.25) is 10.0 Å². The van der Waals surface area contributed by atoms with Crippen molar-refractivity contribution in [1.29, 1.82) is 0 Å². The molecule has 0 spiro atoms. The summed E-state index contributed by atoms with van der Waals surface area (Å²) in [5.74, 6) is 0.173. The van der Waals surface area contributed by atoms with E-state index in [9.17, 15) is 4.79 Å². The maximum atomic E-state index is 13.1. The summed E-state index contributed by atoms with van der Waals surface area (Å²) in [4.78, 5) is 23.5. The van der Waals surface area contributed by atoms with Gasteiger partial charge in [-0.3, -0.25) is 4.79 Å². The molecule has 5 nitrogen and oxygen atoms in total. The van der Waals surface area contributed by atoms with E-state index in [2.05, 4.69) is 21.4 Å². The van der Waals surface area contributed by atoms with Crippen molar-refractivity contribution in [2.45, 2.75) is 19.4 Å². The predicted octanol–water partition coefficient (Wildman–Crippen LogP) is 5.12. The molecule has 0 bridgehead atoms. The van der Waals surface area contributed by atoms with E-state index in [1.165, 1.54) is 5.56 Å². The molecule has 1 unspecified atom stereocenters. The first-order valence-electron chi connectivity index (χ1n) is 8.49. The number of amides is 1. The van der Waals surface area contributed by atoms with Gasteiger partial charge in [0.15, 0.2) is 0 Å². The fraction of sp³-hybridized carbons (Fsp3) is 0.150. The van der Waals surface area contributed by atoms with Crippen LogP contribution in [0, 0.1) is 0 Å². The highest BCUT2D eigenvalue weighted by molar-refractivity contribution is 6.42. The molecule has 1 N–H and O–H groups in total. The highest BCUT2D eigenvalue weighted by Crippen LogP contribution is 2.33. The Kier molecular flexibility index (Phi) is 4.72. The molecule has 1 aliphatic heterocycles. The summed E-state index contributed by atoms with van der Waals surface area (Å²) in [5, 5.41) is 3.95. The van der Waals surface area contributed by atoms with Crippen molar-refractivity contribution in [2.24, 2.45) is 0 Å². The third-order valence-electron chi connectivity index (χ3n) is 4.48. The van der Waals surface area contributed by atoms with E-state index in [4.69, 9.17) is 23.2 Å². The zero-order valence-corrected chi connectivity index (χ0v) is 16.0. The van der Waals surface area contributed by atoms with Crippen molar-refractivity contribution in [3.05, 3.63) is 76.0 Å². The Hall–Kier alpha value is -2.63. The minimum absolute atomic E-state index is 0.0800. The number of benzene rings is 2. The van der Waals surface area contributed by atoms with Crippen LogP contribution >= 0.6 is 23.2 Å². The molecular weight excluding hydrogens is 383 g/mol. The van der Waals surface area contributed by atoms with Crippen LogP contribution in [0.3, 0.4) is 0 Å². The second-order valence-corrected chi connectivity index (χ2v) is 7.19. The molecule has 27 heavy (non-hydrogen) atoms. The van der Waals surface area contributed by atoms with E-state index >= 15 is 0 Å². The van der Waals surface area contributed by atoms with Gasteiger partial charge in [0.25, 0.3) is 5.91 Å². The van der Waals surface area contributed by atoms with Gasteiger partial charge in [-0.2, -0.15) is 0 Å². The van der Waals surface area contributed by atoms with Gasteiger partial charge in [-0.05, 0) is 49.2 Å². The molecule has 0 radical (unpaired) electrons. The highest BCUT2D eigenvalue weighted by atomic mass is 35.5. The topological polar surface area (TPSA) is 58.1 Å². The number of carbonyl (C=O) groups is 1. The van der Waals surface area contributed by atoms with Crippen molar-refractivity contribution >= 4 is 46.4 Å². The van der Waals surface area contributed by atoms with Crippen molar-refractivity contribution in [3.63, 3.8) is 0 Å². The van der Waals surface area contributed by atoms with Crippen LogP contribution in [0.25, 0.3) is 0 Å². The minimum atomic E-state index is -0.146. The Morgan fingerprint density at radius 2 is 1.96 bits per heavy atom. The maximum Gasteiger partial charge on any atom is 0.277 e. The standard InChI is InChI=1S/C20H16Cl2N4O/c1-12-10-13-4-2-3-5-18(13)26(12)19(27)17-8-9-23-20(25-17)24-14-6-7-15(21)16(22)11-14/h2-9,11-12H,10H2,1H3,(H,23,24,25). The molecule has 2 aromatic carbocycles. The van der Waals surface area contributed by atoms with Gasteiger partial charge in [-0.25, -0.2) is 9.97 Å². The van der Waals surface area contributed by atoms with Crippen molar-refractivity contribution in [3.8, 4) is 0 Å². The van der Waals surface area contributed by atoms with E-state index in [1.54, 1.807) is 35.4 Å². The molecule has 0 saturated heterocycles. The SMILES string of the molecule is CC1Cc2ccccc2N1C(=O)c1ccnc(Nc2ccc(Cl)c(Cl)c2)n1. The number of halogens is 2. The molecule has 7 heteroatoms. The summed E-state index contributed by atoms with van der Waals surface area (Å²) in [6.45, 7) is 2.04. The summed E-state index contributed by atoms with van der Waals surface area (Å²) < 4.78 is 0. The third-order valence-corrected chi connectivity index (χ3v) is 5.22. The van der Waals surface area contributed by atoms with Gasteiger partial charge in [0, 0.05) is 23.6 Å². The van der Waals surface area contributed by atoms with Crippen molar-refractivity contribution in [2.75, 3.05) is 10.2 Å². The minimum Gasteiger partial charge on any atom is -0.324 e. The number of hydrogen-bond donors (Lipinski definition) is 1. The second-order valence-electron chi connectivity index (χ2n) is 6.38. The van der Waals surface area contributed by atoms with Crippen LogP contribution in [-0.2, 0) is 6.42 Å². The second kappa shape index (κ2) is 7.18. The number of anilines is 3. The van der Waals surface area contributed by atoms with Crippen LogP contribution < -0.4 is 10.2 Å². The molecule has 136 valence electrons. The van der Waals surface area contributed by atoms with Crippen LogP contribution in [0.15, 0.2) is 54.7 Å². The molecule has 1 aliphatic rings. The molecule has 0 aliphatic carbocycles. The molecule has 1 amide bonds. The van der Waals surface area contributed by atoms with E-state index < -0.39 is 0 Å². The van der Waals surface area contributed by atoms with E-state index in [0.29, 0.717) is 27.4 Å². The molecule has 1 atom stereocenters. The van der Waals surface area contributed by atoms with Gasteiger partial charge >= 0.3 is 0 Å². The summed E-state index contributed by atoms with van der Waals surface area (Å²) in [6.07, 6.45) is 2.40. The lowest BCUT2D eigenvalue weighted by molar-refractivity contribution is 0.0976. The Labute approximate surface area is 167 Å². The Balaban J connectivity index is 1.60. The molecule has 2 heterocycles. The van der Waals surface area contributed by atoms with Gasteiger partial charge in [-0.1, -0.05) is 41.4 Å². The summed E-state index contributed by atoms with van der Waals surface area (Å²) in [6, 6.07) is 14.8. The average molecular weight is 399 g/mol. The highest BCUT2D eigenvalue weighted by Gasteiger charge is 2.31. The van der Waals surface area contributed by atoms with E-state index in [-0.39, 0.29) is 11.9 Å². The summed E-state index contributed by atoms with van der Waals surface area (Å²) >= 11 is 12.0. The van der Waals surface area contributed by atoms with Gasteiger partial charge in [0.2, 0.25) is 5.95 Å².